The topological polar surface area (TPSA) is 49.4 Å². The zero-order valence-corrected chi connectivity index (χ0v) is 17.2. The van der Waals surface area contributed by atoms with Crippen molar-refractivity contribution in [2.24, 2.45) is 0 Å². The van der Waals surface area contributed by atoms with Gasteiger partial charge in [0.1, 0.15) is 0 Å². The van der Waals surface area contributed by atoms with E-state index < -0.39 is 5.41 Å². The zero-order chi connectivity index (χ0) is 19.8. The van der Waals surface area contributed by atoms with Gasteiger partial charge in [-0.3, -0.25) is 9.59 Å². The van der Waals surface area contributed by atoms with E-state index in [2.05, 4.69) is 17.4 Å². The Morgan fingerprint density at radius 3 is 2.21 bits per heavy atom. The van der Waals surface area contributed by atoms with Crippen molar-refractivity contribution in [3.05, 3.63) is 66.2 Å². The van der Waals surface area contributed by atoms with Gasteiger partial charge in [-0.2, -0.15) is 0 Å². The van der Waals surface area contributed by atoms with E-state index in [1.807, 2.05) is 65.2 Å². The van der Waals surface area contributed by atoms with Crippen LogP contribution in [0.1, 0.15) is 31.7 Å². The smallest absolute Gasteiger partial charge is 0.230 e. The minimum Gasteiger partial charge on any atom is -0.355 e. The second-order valence-corrected chi connectivity index (χ2v) is 8.39. The maximum Gasteiger partial charge on any atom is 0.230 e. The van der Waals surface area contributed by atoms with Gasteiger partial charge in [0.2, 0.25) is 11.8 Å². The molecule has 0 spiro atoms. The molecule has 4 nitrogen and oxygen atoms in total. The summed E-state index contributed by atoms with van der Waals surface area (Å²) in [7, 11) is 0. The number of likely N-dealkylation sites (tertiary alicyclic amines) is 1. The summed E-state index contributed by atoms with van der Waals surface area (Å²) in [5.41, 5.74) is 0.508. The van der Waals surface area contributed by atoms with Crippen LogP contribution in [0.25, 0.3) is 0 Å². The van der Waals surface area contributed by atoms with Crippen LogP contribution in [0.4, 0.5) is 0 Å². The molecule has 2 aromatic rings. The van der Waals surface area contributed by atoms with Gasteiger partial charge >= 0.3 is 0 Å². The maximum atomic E-state index is 13.2. The van der Waals surface area contributed by atoms with Crippen LogP contribution in [0, 0.1) is 0 Å². The Bertz CT molecular complexity index is 772. The largest absolute Gasteiger partial charge is 0.355 e. The van der Waals surface area contributed by atoms with Gasteiger partial charge in [-0.25, -0.2) is 0 Å². The van der Waals surface area contributed by atoms with Gasteiger partial charge in [-0.1, -0.05) is 48.5 Å². The SMILES string of the molecule is CC(=O)N1CCC(C(=O)NCCCSc2ccccc2)(c2ccccc2)CC1. The number of rotatable bonds is 7. The molecular weight excluding hydrogens is 368 g/mol. The van der Waals surface area contributed by atoms with Crippen molar-refractivity contribution in [1.29, 1.82) is 0 Å². The number of hydrogen-bond acceptors (Lipinski definition) is 3. The van der Waals surface area contributed by atoms with Crippen LogP contribution in [-0.2, 0) is 15.0 Å². The van der Waals surface area contributed by atoms with Gasteiger partial charge in [0.15, 0.2) is 0 Å². The summed E-state index contributed by atoms with van der Waals surface area (Å²) in [6, 6.07) is 20.3. The predicted molar refractivity (Wildman–Crippen MR) is 114 cm³/mol. The molecule has 1 N–H and O–H groups in total. The van der Waals surface area contributed by atoms with E-state index in [0.29, 0.717) is 32.5 Å². The van der Waals surface area contributed by atoms with Gasteiger partial charge in [-0.15, -0.1) is 11.8 Å². The Balaban J connectivity index is 1.58. The molecule has 5 heteroatoms. The molecule has 0 unspecified atom stereocenters. The average molecular weight is 397 g/mol. The Morgan fingerprint density at radius 2 is 1.61 bits per heavy atom. The van der Waals surface area contributed by atoms with E-state index in [1.165, 1.54) is 4.90 Å². The molecule has 0 saturated carbocycles. The molecule has 0 aliphatic carbocycles. The van der Waals surface area contributed by atoms with Crippen molar-refractivity contribution in [2.75, 3.05) is 25.4 Å². The molecule has 1 heterocycles. The predicted octanol–water partition coefficient (Wildman–Crippen LogP) is 3.87. The minimum absolute atomic E-state index is 0.0833. The van der Waals surface area contributed by atoms with Crippen LogP contribution < -0.4 is 5.32 Å². The number of nitrogens with zero attached hydrogens (tertiary/aromatic N) is 1. The molecule has 0 atom stereocenters. The molecule has 148 valence electrons. The number of amides is 2. The molecule has 2 aromatic carbocycles. The van der Waals surface area contributed by atoms with Crippen LogP contribution in [0.2, 0.25) is 0 Å². The molecule has 0 aromatic heterocycles. The third-order valence-corrected chi connectivity index (χ3v) is 6.54. The fourth-order valence-corrected chi connectivity index (χ4v) is 4.63. The van der Waals surface area contributed by atoms with E-state index in [-0.39, 0.29) is 11.8 Å². The number of nitrogens with one attached hydrogen (secondary N) is 1. The summed E-state index contributed by atoms with van der Waals surface area (Å²) >= 11 is 1.81. The van der Waals surface area contributed by atoms with Crippen LogP contribution in [0.5, 0.6) is 0 Å². The van der Waals surface area contributed by atoms with Crippen LogP contribution in [0.15, 0.2) is 65.6 Å². The number of carbonyl (C=O) groups is 2. The monoisotopic (exact) mass is 396 g/mol. The molecule has 0 radical (unpaired) electrons. The number of piperidine rings is 1. The normalized spacial score (nSPS) is 15.8. The van der Waals surface area contributed by atoms with Gasteiger partial charge in [-0.05, 0) is 42.7 Å². The molecule has 3 rings (SSSR count). The first-order chi connectivity index (χ1) is 13.6. The fourth-order valence-electron chi connectivity index (χ4n) is 3.76. The molecule has 28 heavy (non-hydrogen) atoms. The van der Waals surface area contributed by atoms with Crippen molar-refractivity contribution >= 4 is 23.6 Å². The fraction of sp³-hybridized carbons (Fsp3) is 0.391. The molecule has 0 bridgehead atoms. The number of thioether (sulfide) groups is 1. The molecular formula is C23H28N2O2S. The molecule has 1 saturated heterocycles. The van der Waals surface area contributed by atoms with Crippen LogP contribution in [-0.4, -0.2) is 42.1 Å². The lowest BCUT2D eigenvalue weighted by molar-refractivity contribution is -0.135. The summed E-state index contributed by atoms with van der Waals surface area (Å²) in [5.74, 6) is 1.15. The highest BCUT2D eigenvalue weighted by atomic mass is 32.2. The summed E-state index contributed by atoms with van der Waals surface area (Å²) < 4.78 is 0. The van der Waals surface area contributed by atoms with Crippen molar-refractivity contribution in [2.45, 2.75) is 36.5 Å². The Hall–Kier alpha value is -2.27. The first-order valence-corrected chi connectivity index (χ1v) is 10.9. The number of benzene rings is 2. The number of carbonyl (C=O) groups excluding carboxylic acids is 2. The highest BCUT2D eigenvalue weighted by molar-refractivity contribution is 7.99. The average Bonchev–Trinajstić information content (AvgIpc) is 2.74. The second kappa shape index (κ2) is 9.78. The second-order valence-electron chi connectivity index (χ2n) is 7.23. The number of hydrogen-bond donors (Lipinski definition) is 1. The molecule has 1 fully saturated rings. The Kier molecular flexibility index (Phi) is 7.15. The summed E-state index contributed by atoms with van der Waals surface area (Å²) in [5, 5.41) is 3.17. The van der Waals surface area contributed by atoms with Crippen molar-refractivity contribution in [3.8, 4) is 0 Å². The zero-order valence-electron chi connectivity index (χ0n) is 16.4. The van der Waals surface area contributed by atoms with E-state index in [4.69, 9.17) is 0 Å². The highest BCUT2D eigenvalue weighted by Crippen LogP contribution is 2.36. The lowest BCUT2D eigenvalue weighted by Crippen LogP contribution is -2.52. The third-order valence-electron chi connectivity index (χ3n) is 5.44. The molecule has 1 aliphatic rings. The summed E-state index contributed by atoms with van der Waals surface area (Å²) in [6.07, 6.45) is 2.26. The van der Waals surface area contributed by atoms with E-state index >= 15 is 0 Å². The first-order valence-electron chi connectivity index (χ1n) is 9.89. The van der Waals surface area contributed by atoms with Gasteiger partial charge in [0, 0.05) is 31.5 Å². The van der Waals surface area contributed by atoms with Crippen LogP contribution in [0.3, 0.4) is 0 Å². The minimum atomic E-state index is -0.542. The summed E-state index contributed by atoms with van der Waals surface area (Å²) in [4.78, 5) is 28.0. The Labute approximate surface area is 171 Å². The van der Waals surface area contributed by atoms with Crippen molar-refractivity contribution in [3.63, 3.8) is 0 Å². The highest BCUT2D eigenvalue weighted by Gasteiger charge is 2.43. The van der Waals surface area contributed by atoms with Crippen LogP contribution >= 0.6 is 11.8 Å². The van der Waals surface area contributed by atoms with Gasteiger partial charge in [0.05, 0.1) is 5.41 Å². The molecule has 2 amide bonds. The van der Waals surface area contributed by atoms with E-state index in [0.717, 1.165) is 17.7 Å². The Morgan fingerprint density at radius 1 is 1.00 bits per heavy atom. The third kappa shape index (κ3) is 4.96. The van der Waals surface area contributed by atoms with Crippen molar-refractivity contribution in [1.82, 2.24) is 10.2 Å². The van der Waals surface area contributed by atoms with Gasteiger partial charge < -0.3 is 10.2 Å². The maximum absolute atomic E-state index is 13.2. The lowest BCUT2D eigenvalue weighted by Gasteiger charge is -2.40. The van der Waals surface area contributed by atoms with E-state index in [1.54, 1.807) is 6.92 Å². The lowest BCUT2D eigenvalue weighted by atomic mass is 9.72. The van der Waals surface area contributed by atoms with Gasteiger partial charge in [0.25, 0.3) is 0 Å². The quantitative estimate of drug-likeness (QED) is 0.571. The molecule has 1 aliphatic heterocycles. The summed E-state index contributed by atoms with van der Waals surface area (Å²) in [6.45, 7) is 3.52. The first kappa shape index (κ1) is 20.5. The van der Waals surface area contributed by atoms with Crippen molar-refractivity contribution < 1.29 is 9.59 Å². The standard InChI is InChI=1S/C23H28N2O2S/c1-19(26)25-16-13-23(14-17-25,20-9-4-2-5-10-20)22(27)24-15-8-18-28-21-11-6-3-7-12-21/h2-7,9-12H,8,13-18H2,1H3,(H,24,27). The van der Waals surface area contributed by atoms with E-state index in [9.17, 15) is 9.59 Å².